The maximum Gasteiger partial charge on any atom is 0.289 e. The average Bonchev–Trinajstić information content (AvgIpc) is 2.61. The largest absolute Gasteiger partial charge is 0.332 e. The molecular formula is C16H11ClN4O5S. The van der Waals surface area contributed by atoms with E-state index in [1.54, 1.807) is 6.07 Å². The lowest BCUT2D eigenvalue weighted by Crippen LogP contribution is -2.32. The third-order valence-electron chi connectivity index (χ3n) is 3.15. The summed E-state index contributed by atoms with van der Waals surface area (Å²) in [6, 6.07) is 9.71. The summed E-state index contributed by atoms with van der Waals surface area (Å²) < 4.78 is 0. The minimum absolute atomic E-state index is 0.0274. The van der Waals surface area contributed by atoms with Gasteiger partial charge in [-0.2, -0.15) is 0 Å². The van der Waals surface area contributed by atoms with E-state index in [1.807, 2.05) is 0 Å². The van der Waals surface area contributed by atoms with Gasteiger partial charge in [-0.3, -0.25) is 30.3 Å². The van der Waals surface area contributed by atoms with Crippen LogP contribution in [0.25, 0.3) is 6.08 Å². The molecule has 0 aliphatic heterocycles. The predicted octanol–water partition coefficient (Wildman–Crippen LogP) is 3.68. The van der Waals surface area contributed by atoms with E-state index in [2.05, 4.69) is 10.6 Å². The molecule has 0 aliphatic rings. The van der Waals surface area contributed by atoms with Crippen LogP contribution < -0.4 is 10.6 Å². The Labute approximate surface area is 162 Å². The van der Waals surface area contributed by atoms with Crippen LogP contribution >= 0.6 is 23.8 Å². The van der Waals surface area contributed by atoms with Gasteiger partial charge in [0.1, 0.15) is 5.02 Å². The summed E-state index contributed by atoms with van der Waals surface area (Å²) in [6.07, 6.45) is 2.54. The molecule has 0 spiro atoms. The molecule has 0 fully saturated rings. The van der Waals surface area contributed by atoms with Gasteiger partial charge in [-0.15, -0.1) is 0 Å². The third-order valence-corrected chi connectivity index (χ3v) is 3.67. The highest BCUT2D eigenvalue weighted by Crippen LogP contribution is 2.27. The second-order valence-corrected chi connectivity index (χ2v) is 5.87. The fraction of sp³-hybridized carbons (Fsp3) is 0. The number of nitro groups is 2. The number of nitrogens with one attached hydrogen (secondary N) is 2. The number of thiocarbonyl (C=S) groups is 1. The number of carbonyl (C=O) groups excluding carboxylic acids is 1. The normalized spacial score (nSPS) is 10.4. The first kappa shape index (κ1) is 19.9. The molecule has 2 rings (SSSR count). The Balaban J connectivity index is 1.99. The summed E-state index contributed by atoms with van der Waals surface area (Å²) in [5, 5.41) is 26.5. The van der Waals surface area contributed by atoms with E-state index in [0.717, 1.165) is 6.08 Å². The molecule has 138 valence electrons. The molecule has 0 radical (unpaired) electrons. The maximum absolute atomic E-state index is 11.9. The highest BCUT2D eigenvalue weighted by molar-refractivity contribution is 7.80. The van der Waals surface area contributed by atoms with E-state index >= 15 is 0 Å². The molecule has 0 heterocycles. The summed E-state index contributed by atoms with van der Waals surface area (Å²) in [6.45, 7) is 0. The number of halogens is 1. The van der Waals surface area contributed by atoms with Crippen LogP contribution in [0.2, 0.25) is 5.02 Å². The van der Waals surface area contributed by atoms with Crippen LogP contribution in [0.15, 0.2) is 48.5 Å². The SMILES string of the molecule is O=C(/C=C/c1cccc([N+](=O)[O-])c1)NC(=S)Nc1ccc(Cl)c([N+](=O)[O-])c1. The van der Waals surface area contributed by atoms with E-state index in [9.17, 15) is 25.0 Å². The molecule has 11 heteroatoms. The van der Waals surface area contributed by atoms with E-state index in [4.69, 9.17) is 23.8 Å². The monoisotopic (exact) mass is 406 g/mol. The van der Waals surface area contributed by atoms with Gasteiger partial charge in [0, 0.05) is 30.0 Å². The number of hydrogen-bond donors (Lipinski definition) is 2. The Hall–Kier alpha value is -3.37. The second-order valence-electron chi connectivity index (χ2n) is 5.05. The summed E-state index contributed by atoms with van der Waals surface area (Å²) in [7, 11) is 0. The van der Waals surface area contributed by atoms with Crippen LogP contribution in [0.4, 0.5) is 17.1 Å². The molecule has 0 saturated carbocycles. The number of nitrogens with zero attached hydrogens (tertiary/aromatic N) is 2. The van der Waals surface area contributed by atoms with Crippen LogP contribution in [0.1, 0.15) is 5.56 Å². The van der Waals surface area contributed by atoms with E-state index in [0.29, 0.717) is 5.56 Å². The van der Waals surface area contributed by atoms with Crippen molar-refractivity contribution in [1.82, 2.24) is 5.32 Å². The van der Waals surface area contributed by atoms with Gasteiger partial charge in [-0.05, 0) is 36.0 Å². The van der Waals surface area contributed by atoms with Crippen molar-refractivity contribution in [3.8, 4) is 0 Å². The van der Waals surface area contributed by atoms with Crippen LogP contribution in [0.3, 0.4) is 0 Å². The Bertz CT molecular complexity index is 964. The number of anilines is 1. The molecule has 2 aromatic carbocycles. The van der Waals surface area contributed by atoms with Crippen molar-refractivity contribution in [2.75, 3.05) is 5.32 Å². The summed E-state index contributed by atoms with van der Waals surface area (Å²) >= 11 is 10.7. The zero-order valence-electron chi connectivity index (χ0n) is 13.4. The van der Waals surface area contributed by atoms with Gasteiger partial charge in [0.15, 0.2) is 5.11 Å². The first-order valence-corrected chi connectivity index (χ1v) is 8.03. The average molecular weight is 407 g/mol. The van der Waals surface area contributed by atoms with Gasteiger partial charge in [-0.1, -0.05) is 23.7 Å². The summed E-state index contributed by atoms with van der Waals surface area (Å²) in [5.74, 6) is -0.581. The van der Waals surface area contributed by atoms with Gasteiger partial charge in [0.2, 0.25) is 5.91 Å². The van der Waals surface area contributed by atoms with Crippen molar-refractivity contribution in [2.45, 2.75) is 0 Å². The lowest BCUT2D eigenvalue weighted by atomic mass is 10.2. The number of carbonyl (C=O) groups is 1. The number of nitro benzene ring substituents is 2. The van der Waals surface area contributed by atoms with Gasteiger partial charge < -0.3 is 5.32 Å². The predicted molar refractivity (Wildman–Crippen MR) is 105 cm³/mol. The molecule has 0 unspecified atom stereocenters. The lowest BCUT2D eigenvalue weighted by molar-refractivity contribution is -0.385. The molecule has 0 bridgehead atoms. The number of non-ortho nitro benzene ring substituents is 1. The van der Waals surface area contributed by atoms with Crippen molar-refractivity contribution in [1.29, 1.82) is 0 Å². The van der Waals surface area contributed by atoms with E-state index in [1.165, 1.54) is 42.5 Å². The molecule has 9 nitrogen and oxygen atoms in total. The summed E-state index contributed by atoms with van der Waals surface area (Å²) in [5.41, 5.74) is 0.339. The van der Waals surface area contributed by atoms with Crippen LogP contribution in [-0.2, 0) is 4.79 Å². The minimum atomic E-state index is -0.642. The number of amides is 1. The fourth-order valence-electron chi connectivity index (χ4n) is 1.96. The van der Waals surface area contributed by atoms with Gasteiger partial charge in [-0.25, -0.2) is 0 Å². The Morgan fingerprint density at radius 1 is 1.11 bits per heavy atom. The summed E-state index contributed by atoms with van der Waals surface area (Å²) in [4.78, 5) is 32.3. The molecule has 0 aromatic heterocycles. The third kappa shape index (κ3) is 5.83. The van der Waals surface area contributed by atoms with Crippen LogP contribution in [-0.4, -0.2) is 20.9 Å². The second kappa shape index (κ2) is 8.83. The maximum atomic E-state index is 11.9. The van der Waals surface area contributed by atoms with Crippen molar-refractivity contribution >= 4 is 58.0 Å². The number of rotatable bonds is 5. The number of hydrogen-bond acceptors (Lipinski definition) is 6. The quantitative estimate of drug-likeness (QED) is 0.335. The first-order valence-electron chi connectivity index (χ1n) is 7.24. The zero-order chi connectivity index (χ0) is 20.0. The van der Waals surface area contributed by atoms with Gasteiger partial charge >= 0.3 is 0 Å². The first-order chi connectivity index (χ1) is 12.8. The zero-order valence-corrected chi connectivity index (χ0v) is 15.0. The highest BCUT2D eigenvalue weighted by atomic mass is 35.5. The molecule has 2 N–H and O–H groups in total. The Morgan fingerprint density at radius 2 is 1.85 bits per heavy atom. The molecule has 0 aliphatic carbocycles. The molecule has 0 atom stereocenters. The molecule has 1 amide bonds. The molecule has 2 aromatic rings. The smallest absolute Gasteiger partial charge is 0.289 e. The minimum Gasteiger partial charge on any atom is -0.332 e. The van der Waals surface area contributed by atoms with Crippen LogP contribution in [0.5, 0.6) is 0 Å². The fourth-order valence-corrected chi connectivity index (χ4v) is 2.37. The topological polar surface area (TPSA) is 127 Å². The highest BCUT2D eigenvalue weighted by Gasteiger charge is 2.13. The van der Waals surface area contributed by atoms with Gasteiger partial charge in [0.05, 0.1) is 9.85 Å². The lowest BCUT2D eigenvalue weighted by Gasteiger charge is -2.08. The van der Waals surface area contributed by atoms with E-state index < -0.39 is 15.8 Å². The van der Waals surface area contributed by atoms with Crippen molar-refractivity contribution in [3.63, 3.8) is 0 Å². The number of benzene rings is 2. The molecular weight excluding hydrogens is 396 g/mol. The Kier molecular flexibility index (Phi) is 6.52. The van der Waals surface area contributed by atoms with Crippen molar-refractivity contribution in [3.05, 3.63) is 79.4 Å². The van der Waals surface area contributed by atoms with Gasteiger partial charge in [0.25, 0.3) is 11.4 Å². The molecule has 27 heavy (non-hydrogen) atoms. The van der Waals surface area contributed by atoms with Crippen molar-refractivity contribution < 1.29 is 14.6 Å². The van der Waals surface area contributed by atoms with Crippen LogP contribution in [0, 0.1) is 20.2 Å². The Morgan fingerprint density at radius 3 is 2.52 bits per heavy atom. The standard InChI is InChI=1S/C16H11ClN4O5S/c17-13-6-5-11(9-14(13)21(25)26)18-16(27)19-15(22)7-4-10-2-1-3-12(8-10)20(23)24/h1-9H,(H2,18,19,22,27)/b7-4+. The molecule has 0 saturated heterocycles. The van der Waals surface area contributed by atoms with Crippen molar-refractivity contribution in [2.24, 2.45) is 0 Å². The van der Waals surface area contributed by atoms with E-state index in [-0.39, 0.29) is 27.2 Å².